The Morgan fingerprint density at radius 1 is 1.47 bits per heavy atom. The van der Waals surface area contributed by atoms with Gasteiger partial charge in [-0.05, 0) is 62.3 Å². The van der Waals surface area contributed by atoms with Gasteiger partial charge >= 0.3 is 0 Å². The zero-order valence-corrected chi connectivity index (χ0v) is 11.5. The quantitative estimate of drug-likeness (QED) is 0.730. The van der Waals surface area contributed by atoms with Crippen molar-refractivity contribution in [2.75, 3.05) is 18.6 Å². The third-order valence-corrected chi connectivity index (χ3v) is 4.42. The number of hydrogen-bond acceptors (Lipinski definition) is 3. The molecule has 1 atom stereocenters. The molecule has 0 saturated heterocycles. The van der Waals surface area contributed by atoms with Gasteiger partial charge in [-0.3, -0.25) is 0 Å². The Morgan fingerprint density at radius 3 is 2.87 bits per heavy atom. The van der Waals surface area contributed by atoms with Crippen LogP contribution in [0.4, 0.5) is 0 Å². The Morgan fingerprint density at radius 2 is 2.27 bits per heavy atom. The van der Waals surface area contributed by atoms with E-state index in [1.165, 1.54) is 29.0 Å². The van der Waals surface area contributed by atoms with Crippen LogP contribution in [0.1, 0.15) is 36.2 Å². The minimum Gasteiger partial charge on any atom is -0.309 e. The number of thiophene rings is 1. The van der Waals surface area contributed by atoms with Crippen molar-refractivity contribution >= 4 is 23.1 Å². The van der Waals surface area contributed by atoms with Gasteiger partial charge < -0.3 is 5.32 Å². The van der Waals surface area contributed by atoms with Gasteiger partial charge in [0.05, 0.1) is 0 Å². The highest BCUT2D eigenvalue weighted by Gasteiger charge is 2.07. The molecule has 1 heterocycles. The average molecular weight is 243 g/mol. The molecule has 0 aliphatic rings. The lowest BCUT2D eigenvalue weighted by molar-refractivity contribution is 0.560. The van der Waals surface area contributed by atoms with Gasteiger partial charge in [0.2, 0.25) is 0 Å². The van der Waals surface area contributed by atoms with Crippen molar-refractivity contribution in [2.45, 2.75) is 32.7 Å². The zero-order valence-electron chi connectivity index (χ0n) is 9.88. The van der Waals surface area contributed by atoms with E-state index >= 15 is 0 Å². The molecule has 86 valence electrons. The monoisotopic (exact) mass is 243 g/mol. The van der Waals surface area contributed by atoms with Crippen LogP contribution in [0.2, 0.25) is 0 Å². The number of aryl methyl sites for hydroxylation is 1. The lowest BCUT2D eigenvalue weighted by Crippen LogP contribution is -2.19. The van der Waals surface area contributed by atoms with Crippen LogP contribution in [0.5, 0.6) is 0 Å². The molecule has 1 rings (SSSR count). The highest BCUT2D eigenvalue weighted by molar-refractivity contribution is 7.98. The maximum Gasteiger partial charge on any atom is 0.0388 e. The second kappa shape index (κ2) is 7.31. The maximum absolute atomic E-state index is 3.59. The molecule has 0 bridgehead atoms. The molecule has 15 heavy (non-hydrogen) atoms. The van der Waals surface area contributed by atoms with Gasteiger partial charge in [0.1, 0.15) is 0 Å². The van der Waals surface area contributed by atoms with Crippen LogP contribution >= 0.6 is 23.1 Å². The average Bonchev–Trinajstić information content (AvgIpc) is 2.64. The Kier molecular flexibility index (Phi) is 6.37. The van der Waals surface area contributed by atoms with Gasteiger partial charge in [-0.1, -0.05) is 0 Å². The minimum atomic E-state index is 0.513. The first-order valence-electron chi connectivity index (χ1n) is 5.52. The Labute approximate surface area is 102 Å². The summed E-state index contributed by atoms with van der Waals surface area (Å²) in [6, 6.07) is 2.71. The first-order valence-corrected chi connectivity index (χ1v) is 7.79. The molecule has 1 N–H and O–H groups in total. The van der Waals surface area contributed by atoms with Crippen LogP contribution < -0.4 is 5.32 Å². The fraction of sp³-hybridized carbons (Fsp3) is 0.667. The van der Waals surface area contributed by atoms with E-state index in [0.29, 0.717) is 6.04 Å². The fourth-order valence-corrected chi connectivity index (χ4v) is 3.06. The molecule has 0 amide bonds. The Bertz CT molecular complexity index is 270. The van der Waals surface area contributed by atoms with Gasteiger partial charge in [0, 0.05) is 10.9 Å². The Balaban J connectivity index is 2.19. The van der Waals surface area contributed by atoms with Gasteiger partial charge in [-0.25, -0.2) is 0 Å². The van der Waals surface area contributed by atoms with E-state index < -0.39 is 0 Å². The number of nitrogens with one attached hydrogen (secondary N) is 1. The van der Waals surface area contributed by atoms with Crippen molar-refractivity contribution < 1.29 is 0 Å². The van der Waals surface area contributed by atoms with Crippen LogP contribution in [0.3, 0.4) is 0 Å². The summed E-state index contributed by atoms with van der Waals surface area (Å²) in [4.78, 5) is 1.49. The van der Waals surface area contributed by atoms with Crippen molar-refractivity contribution in [2.24, 2.45) is 0 Å². The molecule has 1 nitrogen and oxygen atoms in total. The lowest BCUT2D eigenvalue weighted by Gasteiger charge is -2.13. The standard InChI is InChI=1S/C12H21NS2/c1-10-6-9-15-12(10)11(2)13-7-4-5-8-14-3/h6,9,11,13H,4-5,7-8H2,1-3H3. The van der Waals surface area contributed by atoms with E-state index in [-0.39, 0.29) is 0 Å². The summed E-state index contributed by atoms with van der Waals surface area (Å²) < 4.78 is 0. The van der Waals surface area contributed by atoms with E-state index in [0.717, 1.165) is 6.54 Å². The van der Waals surface area contributed by atoms with E-state index in [1.54, 1.807) is 0 Å². The normalized spacial score (nSPS) is 13.0. The molecule has 1 aromatic rings. The molecule has 0 saturated carbocycles. The molecule has 0 spiro atoms. The summed E-state index contributed by atoms with van der Waals surface area (Å²) in [5, 5.41) is 5.76. The summed E-state index contributed by atoms with van der Waals surface area (Å²) in [7, 11) is 0. The molecular weight excluding hydrogens is 222 g/mol. The van der Waals surface area contributed by atoms with Crippen molar-refractivity contribution in [1.82, 2.24) is 5.32 Å². The van der Waals surface area contributed by atoms with E-state index in [2.05, 4.69) is 36.9 Å². The number of unbranched alkanes of at least 4 members (excludes halogenated alkanes) is 1. The highest BCUT2D eigenvalue weighted by atomic mass is 32.2. The summed E-state index contributed by atoms with van der Waals surface area (Å²) in [6.45, 7) is 5.59. The second-order valence-corrected chi connectivity index (χ2v) is 5.78. The number of thioether (sulfide) groups is 1. The summed E-state index contributed by atoms with van der Waals surface area (Å²) >= 11 is 3.79. The minimum absolute atomic E-state index is 0.513. The van der Waals surface area contributed by atoms with E-state index in [9.17, 15) is 0 Å². The molecular formula is C12H21NS2. The van der Waals surface area contributed by atoms with Crippen LogP contribution in [-0.4, -0.2) is 18.6 Å². The van der Waals surface area contributed by atoms with Crippen molar-refractivity contribution in [3.8, 4) is 0 Å². The summed E-state index contributed by atoms with van der Waals surface area (Å²) in [5.74, 6) is 1.29. The van der Waals surface area contributed by atoms with Gasteiger partial charge in [-0.2, -0.15) is 11.8 Å². The van der Waals surface area contributed by atoms with Crippen molar-refractivity contribution in [1.29, 1.82) is 0 Å². The molecule has 0 aliphatic heterocycles. The summed E-state index contributed by atoms with van der Waals surface area (Å²) in [5.41, 5.74) is 1.42. The largest absolute Gasteiger partial charge is 0.309 e. The van der Waals surface area contributed by atoms with Crippen LogP contribution in [0.25, 0.3) is 0 Å². The molecule has 1 aromatic heterocycles. The highest BCUT2D eigenvalue weighted by Crippen LogP contribution is 2.23. The second-order valence-electron chi connectivity index (χ2n) is 3.84. The van der Waals surface area contributed by atoms with Crippen LogP contribution in [0.15, 0.2) is 11.4 Å². The topological polar surface area (TPSA) is 12.0 Å². The lowest BCUT2D eigenvalue weighted by atomic mass is 10.2. The van der Waals surface area contributed by atoms with Crippen molar-refractivity contribution in [3.05, 3.63) is 21.9 Å². The smallest absolute Gasteiger partial charge is 0.0388 e. The molecule has 3 heteroatoms. The number of hydrogen-bond donors (Lipinski definition) is 1. The van der Waals surface area contributed by atoms with Gasteiger partial charge in [0.15, 0.2) is 0 Å². The third kappa shape index (κ3) is 4.58. The molecule has 0 radical (unpaired) electrons. The van der Waals surface area contributed by atoms with Crippen molar-refractivity contribution in [3.63, 3.8) is 0 Å². The molecule has 0 aliphatic carbocycles. The fourth-order valence-electron chi connectivity index (χ4n) is 1.61. The Hall–Kier alpha value is 0.0100. The SMILES string of the molecule is CSCCCCNC(C)c1sccc1C. The predicted molar refractivity (Wildman–Crippen MR) is 73.1 cm³/mol. The van der Waals surface area contributed by atoms with E-state index in [1.807, 2.05) is 23.1 Å². The van der Waals surface area contributed by atoms with Gasteiger partial charge in [0.25, 0.3) is 0 Å². The maximum atomic E-state index is 3.59. The number of rotatable bonds is 7. The molecule has 1 unspecified atom stereocenters. The summed E-state index contributed by atoms with van der Waals surface area (Å²) in [6.07, 6.45) is 4.78. The predicted octanol–water partition coefficient (Wildman–Crippen LogP) is 3.85. The van der Waals surface area contributed by atoms with Crippen LogP contribution in [-0.2, 0) is 0 Å². The zero-order chi connectivity index (χ0) is 11.1. The third-order valence-electron chi connectivity index (χ3n) is 2.52. The first kappa shape index (κ1) is 13.1. The molecule has 0 aromatic carbocycles. The van der Waals surface area contributed by atoms with Gasteiger partial charge in [-0.15, -0.1) is 11.3 Å². The molecule has 0 fully saturated rings. The van der Waals surface area contributed by atoms with E-state index in [4.69, 9.17) is 0 Å². The van der Waals surface area contributed by atoms with Crippen LogP contribution in [0, 0.1) is 6.92 Å². The first-order chi connectivity index (χ1) is 7.25.